The van der Waals surface area contributed by atoms with Crippen LogP contribution in [0.25, 0.3) is 0 Å². The van der Waals surface area contributed by atoms with Gasteiger partial charge in [-0.1, -0.05) is 36.4 Å². The molecule has 0 fully saturated rings. The Kier molecular flexibility index (Phi) is 7.70. The Bertz CT molecular complexity index is 1050. The zero-order valence-electron chi connectivity index (χ0n) is 18.1. The standard InChI is InChI=1S/C25H27N3O4/c1-30-23-14-19(10-13-22(23)32-16-17-6-4-3-5-7-17)21(15-24(29)31-2)28-20-11-8-18(9-12-20)25(26)27/h3-14,21,28H,15-16H2,1-2H3,(H3,26,27). The van der Waals surface area contributed by atoms with Gasteiger partial charge in [0.25, 0.3) is 0 Å². The van der Waals surface area contributed by atoms with Crippen molar-refractivity contribution in [3.63, 3.8) is 0 Å². The number of hydrogen-bond donors (Lipinski definition) is 3. The van der Waals surface area contributed by atoms with Gasteiger partial charge in [-0.3, -0.25) is 10.2 Å². The molecule has 32 heavy (non-hydrogen) atoms. The number of carbonyl (C=O) groups excluding carboxylic acids is 1. The topological polar surface area (TPSA) is 107 Å². The number of nitrogens with two attached hydrogens (primary N) is 1. The van der Waals surface area contributed by atoms with E-state index >= 15 is 0 Å². The Labute approximate surface area is 187 Å². The van der Waals surface area contributed by atoms with Crippen molar-refractivity contribution in [2.24, 2.45) is 5.73 Å². The molecular formula is C25H27N3O4. The number of esters is 1. The van der Waals surface area contributed by atoms with E-state index in [1.807, 2.05) is 60.7 Å². The van der Waals surface area contributed by atoms with Crippen molar-refractivity contribution >= 4 is 17.5 Å². The largest absolute Gasteiger partial charge is 0.493 e. The SMILES string of the molecule is COC(=O)CC(Nc1ccc(C(=N)N)cc1)c1ccc(OCc2ccccc2)c(OC)c1. The average Bonchev–Trinajstić information content (AvgIpc) is 2.83. The number of ether oxygens (including phenoxy) is 3. The van der Waals surface area contributed by atoms with Crippen LogP contribution in [0.1, 0.15) is 29.2 Å². The molecule has 0 aliphatic heterocycles. The van der Waals surface area contributed by atoms with Crippen LogP contribution in [0.4, 0.5) is 5.69 Å². The highest BCUT2D eigenvalue weighted by molar-refractivity contribution is 5.95. The fraction of sp³-hybridized carbons (Fsp3) is 0.200. The van der Waals surface area contributed by atoms with Gasteiger partial charge in [-0.25, -0.2) is 0 Å². The van der Waals surface area contributed by atoms with E-state index in [1.165, 1.54) is 7.11 Å². The van der Waals surface area contributed by atoms with Crippen LogP contribution in [0.15, 0.2) is 72.8 Å². The van der Waals surface area contributed by atoms with E-state index < -0.39 is 0 Å². The van der Waals surface area contributed by atoms with Crippen LogP contribution in [0.5, 0.6) is 11.5 Å². The van der Waals surface area contributed by atoms with E-state index in [2.05, 4.69) is 5.32 Å². The lowest BCUT2D eigenvalue weighted by atomic mass is 10.0. The third kappa shape index (κ3) is 6.01. The molecule has 0 heterocycles. The van der Waals surface area contributed by atoms with E-state index in [9.17, 15) is 4.79 Å². The first kappa shape index (κ1) is 22.7. The van der Waals surface area contributed by atoms with Gasteiger partial charge in [0.2, 0.25) is 0 Å². The molecule has 0 aliphatic carbocycles. The molecule has 7 nitrogen and oxygen atoms in total. The monoisotopic (exact) mass is 433 g/mol. The molecule has 3 aromatic carbocycles. The van der Waals surface area contributed by atoms with Gasteiger partial charge in [0, 0.05) is 11.3 Å². The van der Waals surface area contributed by atoms with E-state index in [1.54, 1.807) is 19.2 Å². The minimum absolute atomic E-state index is 0.00140. The number of rotatable bonds is 10. The van der Waals surface area contributed by atoms with Gasteiger partial charge >= 0.3 is 5.97 Å². The summed E-state index contributed by atoms with van der Waals surface area (Å²) in [6, 6.07) is 22.2. The van der Waals surface area contributed by atoms with Crippen molar-refractivity contribution < 1.29 is 19.0 Å². The Hall–Kier alpha value is -4.00. The molecule has 3 rings (SSSR count). The second kappa shape index (κ2) is 10.9. The fourth-order valence-corrected chi connectivity index (χ4v) is 3.20. The second-order valence-electron chi connectivity index (χ2n) is 7.15. The quantitative estimate of drug-likeness (QED) is 0.250. The summed E-state index contributed by atoms with van der Waals surface area (Å²) >= 11 is 0. The maximum absolute atomic E-state index is 12.0. The third-order valence-corrected chi connectivity index (χ3v) is 4.96. The number of benzene rings is 3. The lowest BCUT2D eigenvalue weighted by Gasteiger charge is -2.21. The normalized spacial score (nSPS) is 11.3. The van der Waals surface area contributed by atoms with Gasteiger partial charge in [0.1, 0.15) is 12.4 Å². The Morgan fingerprint density at radius 1 is 1.00 bits per heavy atom. The highest BCUT2D eigenvalue weighted by atomic mass is 16.5. The molecule has 0 bridgehead atoms. The van der Waals surface area contributed by atoms with Crippen LogP contribution in [-0.4, -0.2) is 26.0 Å². The molecule has 166 valence electrons. The summed E-state index contributed by atoms with van der Waals surface area (Å²) in [6.45, 7) is 0.420. The number of amidine groups is 1. The van der Waals surface area contributed by atoms with Gasteiger partial charge in [-0.15, -0.1) is 0 Å². The Morgan fingerprint density at radius 3 is 2.34 bits per heavy atom. The van der Waals surface area contributed by atoms with E-state index in [-0.39, 0.29) is 24.3 Å². The lowest BCUT2D eigenvalue weighted by molar-refractivity contribution is -0.140. The van der Waals surface area contributed by atoms with Crippen LogP contribution < -0.4 is 20.5 Å². The third-order valence-electron chi connectivity index (χ3n) is 4.96. The number of carbonyl (C=O) groups is 1. The Morgan fingerprint density at radius 2 is 1.72 bits per heavy atom. The predicted octanol–water partition coefficient (Wildman–Crippen LogP) is 4.27. The number of nitrogens with one attached hydrogen (secondary N) is 2. The number of methoxy groups -OCH3 is 2. The second-order valence-corrected chi connectivity index (χ2v) is 7.15. The highest BCUT2D eigenvalue weighted by Gasteiger charge is 2.19. The maximum atomic E-state index is 12.0. The van der Waals surface area contributed by atoms with E-state index in [0.29, 0.717) is 23.7 Å². The van der Waals surface area contributed by atoms with Crippen LogP contribution in [0, 0.1) is 5.41 Å². The molecule has 0 spiro atoms. The maximum Gasteiger partial charge on any atom is 0.307 e. The first-order chi connectivity index (χ1) is 15.5. The van der Waals surface area contributed by atoms with Crippen LogP contribution in [0.2, 0.25) is 0 Å². The minimum Gasteiger partial charge on any atom is -0.493 e. The van der Waals surface area contributed by atoms with Gasteiger partial charge in [-0.2, -0.15) is 0 Å². The van der Waals surface area contributed by atoms with Crippen molar-refractivity contribution in [3.05, 3.63) is 89.5 Å². The number of nitrogen functional groups attached to an aromatic ring is 1. The molecule has 7 heteroatoms. The summed E-state index contributed by atoms with van der Waals surface area (Å²) in [5.41, 5.74) is 8.83. The van der Waals surface area contributed by atoms with Crippen molar-refractivity contribution in [1.82, 2.24) is 0 Å². The van der Waals surface area contributed by atoms with Gasteiger partial charge in [0.05, 0.1) is 26.7 Å². The highest BCUT2D eigenvalue weighted by Crippen LogP contribution is 2.33. The zero-order valence-corrected chi connectivity index (χ0v) is 18.1. The first-order valence-electron chi connectivity index (χ1n) is 10.1. The summed E-state index contributed by atoms with van der Waals surface area (Å²) in [5.74, 6) is 0.842. The van der Waals surface area contributed by atoms with Gasteiger partial charge < -0.3 is 25.3 Å². The molecule has 0 aliphatic rings. The molecule has 3 aromatic rings. The van der Waals surface area contributed by atoms with Gasteiger partial charge in [-0.05, 0) is 47.5 Å². The number of anilines is 1. The fourth-order valence-electron chi connectivity index (χ4n) is 3.20. The van der Waals surface area contributed by atoms with Crippen LogP contribution >= 0.6 is 0 Å². The van der Waals surface area contributed by atoms with Crippen LogP contribution in [0.3, 0.4) is 0 Å². The van der Waals surface area contributed by atoms with E-state index in [4.69, 9.17) is 25.4 Å². The summed E-state index contributed by atoms with van der Waals surface area (Å²) in [7, 11) is 2.94. The molecule has 0 aromatic heterocycles. The molecule has 1 atom stereocenters. The summed E-state index contributed by atoms with van der Waals surface area (Å²) in [6.07, 6.45) is 0.123. The molecule has 0 saturated carbocycles. The first-order valence-corrected chi connectivity index (χ1v) is 10.1. The molecule has 0 radical (unpaired) electrons. The number of hydrogen-bond acceptors (Lipinski definition) is 6. The summed E-state index contributed by atoms with van der Waals surface area (Å²) in [5, 5.41) is 10.9. The van der Waals surface area contributed by atoms with Gasteiger partial charge in [0.15, 0.2) is 11.5 Å². The summed E-state index contributed by atoms with van der Waals surface area (Å²) < 4.78 is 16.4. The van der Waals surface area contributed by atoms with Crippen molar-refractivity contribution in [2.45, 2.75) is 19.1 Å². The molecule has 1 unspecified atom stereocenters. The lowest BCUT2D eigenvalue weighted by Crippen LogP contribution is -2.17. The molecular weight excluding hydrogens is 406 g/mol. The van der Waals surface area contributed by atoms with E-state index in [0.717, 1.165) is 16.8 Å². The summed E-state index contributed by atoms with van der Waals surface area (Å²) in [4.78, 5) is 12.0. The average molecular weight is 434 g/mol. The van der Waals surface area contributed by atoms with Crippen molar-refractivity contribution in [1.29, 1.82) is 5.41 Å². The molecule has 0 amide bonds. The van der Waals surface area contributed by atoms with Crippen molar-refractivity contribution in [3.8, 4) is 11.5 Å². The van der Waals surface area contributed by atoms with Crippen molar-refractivity contribution in [2.75, 3.05) is 19.5 Å². The minimum atomic E-state index is -0.359. The van der Waals surface area contributed by atoms with Crippen LogP contribution in [-0.2, 0) is 16.1 Å². The molecule has 4 N–H and O–H groups in total. The predicted molar refractivity (Wildman–Crippen MR) is 124 cm³/mol. The zero-order chi connectivity index (χ0) is 22.9. The Balaban J connectivity index is 1.81. The molecule has 0 saturated heterocycles. The smallest absolute Gasteiger partial charge is 0.307 e.